The number of benzene rings is 2. The predicted molar refractivity (Wildman–Crippen MR) is 155 cm³/mol. The molecule has 1 atom stereocenters. The molecule has 5 aromatic rings. The molecule has 0 saturated heterocycles. The number of carbonyl (C=O) groups is 2. The lowest BCUT2D eigenvalue weighted by molar-refractivity contribution is -0.139. The van der Waals surface area contributed by atoms with Crippen molar-refractivity contribution in [2.24, 2.45) is 7.05 Å². The van der Waals surface area contributed by atoms with Crippen molar-refractivity contribution in [3.63, 3.8) is 0 Å². The van der Waals surface area contributed by atoms with Crippen LogP contribution in [0.25, 0.3) is 32.5 Å². The number of hydrogen-bond donors (Lipinski definition) is 2. The third-order valence-electron chi connectivity index (χ3n) is 7.04. The molecule has 2 aromatic carbocycles. The van der Waals surface area contributed by atoms with Gasteiger partial charge in [0.15, 0.2) is 0 Å². The summed E-state index contributed by atoms with van der Waals surface area (Å²) in [5.74, 6) is -2.18. The largest absolute Gasteiger partial charge is 0.480 e. The van der Waals surface area contributed by atoms with Crippen LogP contribution in [0, 0.1) is 0 Å². The van der Waals surface area contributed by atoms with Crippen LogP contribution in [0.3, 0.4) is 0 Å². The molecule has 0 aliphatic carbocycles. The third-order valence-corrected chi connectivity index (χ3v) is 8.17. The van der Waals surface area contributed by atoms with E-state index in [4.69, 9.17) is 0 Å². The third kappa shape index (κ3) is 6.45. The van der Waals surface area contributed by atoms with Crippen LogP contribution in [0.2, 0.25) is 0 Å². The number of rotatable bonds is 7. The molecule has 232 valence electrons. The first-order valence-electron chi connectivity index (χ1n) is 13.1. The molecule has 0 aliphatic heterocycles. The lowest BCUT2D eigenvalue weighted by Crippen LogP contribution is -2.42. The second-order valence-electron chi connectivity index (χ2n) is 10.0. The number of thiophene rings is 1. The molecule has 3 aromatic heterocycles. The van der Waals surface area contributed by atoms with Gasteiger partial charge in [0.05, 0.1) is 27.3 Å². The molecule has 0 radical (unpaired) electrons. The van der Waals surface area contributed by atoms with Gasteiger partial charge in [-0.1, -0.05) is 30.3 Å². The molecule has 5 rings (SSSR count). The number of carboxylic acid groups (broad SMARTS) is 1. The quantitative estimate of drug-likeness (QED) is 0.190. The van der Waals surface area contributed by atoms with E-state index in [1.807, 2.05) is 0 Å². The Labute approximate surface area is 254 Å². The highest BCUT2D eigenvalue weighted by molar-refractivity contribution is 7.17. The molecule has 45 heavy (non-hydrogen) atoms. The molecule has 0 aliphatic rings. The molecule has 0 bridgehead atoms. The number of amides is 1. The predicted octanol–water partition coefficient (Wildman–Crippen LogP) is 6.79. The van der Waals surface area contributed by atoms with Crippen molar-refractivity contribution in [3.8, 4) is 21.7 Å². The number of pyridine rings is 2. The van der Waals surface area contributed by atoms with Gasteiger partial charge in [0.2, 0.25) is 0 Å². The number of aromatic nitrogens is 2. The second-order valence-corrected chi connectivity index (χ2v) is 11.1. The van der Waals surface area contributed by atoms with Crippen molar-refractivity contribution >= 4 is 34.0 Å². The van der Waals surface area contributed by atoms with Gasteiger partial charge in [0, 0.05) is 36.1 Å². The highest BCUT2D eigenvalue weighted by Gasteiger charge is 2.36. The first-order valence-corrected chi connectivity index (χ1v) is 13.9. The number of nitrogens with zero attached hydrogens (tertiary/aromatic N) is 2. The number of nitrogens with one attached hydrogen (secondary N) is 1. The second kappa shape index (κ2) is 11.8. The fourth-order valence-corrected chi connectivity index (χ4v) is 5.76. The van der Waals surface area contributed by atoms with Crippen molar-refractivity contribution in [1.29, 1.82) is 0 Å². The molecular weight excluding hydrogens is 624 g/mol. The van der Waals surface area contributed by atoms with E-state index in [1.165, 1.54) is 55.7 Å². The van der Waals surface area contributed by atoms with Crippen LogP contribution >= 0.6 is 11.3 Å². The van der Waals surface area contributed by atoms with Gasteiger partial charge >= 0.3 is 18.3 Å². The fraction of sp³-hybridized carbons (Fsp3) is 0.161. The van der Waals surface area contributed by atoms with Gasteiger partial charge in [-0.05, 0) is 52.9 Å². The summed E-state index contributed by atoms with van der Waals surface area (Å²) >= 11 is 0.877. The smallest absolute Gasteiger partial charge is 0.417 e. The zero-order valence-corrected chi connectivity index (χ0v) is 23.8. The highest BCUT2D eigenvalue weighted by Crippen LogP contribution is 2.38. The molecule has 14 heteroatoms. The fourth-order valence-electron chi connectivity index (χ4n) is 4.86. The van der Waals surface area contributed by atoms with E-state index in [0.717, 1.165) is 40.3 Å². The molecule has 0 fully saturated rings. The standard InChI is InChI=1S/C31H21F6N3O4S/c1-40-13-11-21(31(35,36)37)25(28(40)42)26-20-7-3-4-16(19(20)10-12-38-26)15-22(29(43)44)39-27(41)24-9-8-23(45-24)17-5-2-6-18(14-17)30(32,33)34/h2-14,22H,15H2,1H3,(H,39,41)(H,43,44)/t22-/m0/s1. The molecule has 2 N–H and O–H groups in total. The van der Waals surface area contributed by atoms with Crippen molar-refractivity contribution < 1.29 is 41.0 Å². The maximum atomic E-state index is 13.9. The van der Waals surface area contributed by atoms with E-state index in [9.17, 15) is 45.8 Å². The number of carboxylic acids is 1. The number of fused-ring (bicyclic) bond motifs is 1. The molecule has 0 spiro atoms. The Morgan fingerprint density at radius 1 is 0.956 bits per heavy atom. The van der Waals surface area contributed by atoms with Crippen LogP contribution < -0.4 is 10.9 Å². The first kappa shape index (κ1) is 31.4. The topological polar surface area (TPSA) is 101 Å². The van der Waals surface area contributed by atoms with Gasteiger partial charge in [-0.2, -0.15) is 26.3 Å². The summed E-state index contributed by atoms with van der Waals surface area (Å²) in [6, 6.07) is 12.6. The maximum absolute atomic E-state index is 13.9. The summed E-state index contributed by atoms with van der Waals surface area (Å²) in [7, 11) is 1.30. The summed E-state index contributed by atoms with van der Waals surface area (Å²) in [6.45, 7) is 0. The van der Waals surface area contributed by atoms with E-state index in [-0.39, 0.29) is 27.9 Å². The average Bonchev–Trinajstić information content (AvgIpc) is 3.48. The average molecular weight is 646 g/mol. The maximum Gasteiger partial charge on any atom is 0.417 e. The van der Waals surface area contributed by atoms with E-state index >= 15 is 0 Å². The minimum absolute atomic E-state index is 0.0534. The van der Waals surface area contributed by atoms with Crippen LogP contribution in [0.4, 0.5) is 26.3 Å². The van der Waals surface area contributed by atoms with Crippen LogP contribution in [0.15, 0.2) is 83.9 Å². The van der Waals surface area contributed by atoms with Gasteiger partial charge in [-0.3, -0.25) is 14.6 Å². The van der Waals surface area contributed by atoms with Crippen molar-refractivity contribution in [3.05, 3.63) is 111 Å². The normalized spacial score (nSPS) is 12.7. The summed E-state index contributed by atoms with van der Waals surface area (Å²) in [5.41, 5.74) is -3.28. The lowest BCUT2D eigenvalue weighted by Gasteiger charge is -2.17. The van der Waals surface area contributed by atoms with Crippen molar-refractivity contribution in [1.82, 2.24) is 14.9 Å². The summed E-state index contributed by atoms with van der Waals surface area (Å²) in [6.07, 6.45) is -7.49. The lowest BCUT2D eigenvalue weighted by atomic mass is 9.95. The Bertz CT molecular complexity index is 2000. The number of alkyl halides is 6. The Morgan fingerprint density at radius 3 is 2.38 bits per heavy atom. The van der Waals surface area contributed by atoms with Crippen LogP contribution in [-0.4, -0.2) is 32.6 Å². The molecule has 7 nitrogen and oxygen atoms in total. The van der Waals surface area contributed by atoms with Gasteiger partial charge in [-0.25, -0.2) is 4.79 Å². The monoisotopic (exact) mass is 645 g/mol. The van der Waals surface area contributed by atoms with Crippen LogP contribution in [0.5, 0.6) is 0 Å². The highest BCUT2D eigenvalue weighted by atomic mass is 32.1. The van der Waals surface area contributed by atoms with E-state index < -0.39 is 52.5 Å². The Hall–Kier alpha value is -4.98. The molecule has 3 heterocycles. The molecule has 1 amide bonds. The number of hydrogen-bond acceptors (Lipinski definition) is 5. The van der Waals surface area contributed by atoms with Gasteiger partial charge in [-0.15, -0.1) is 11.3 Å². The first-order chi connectivity index (χ1) is 21.1. The summed E-state index contributed by atoms with van der Waals surface area (Å²) in [4.78, 5) is 42.6. The Morgan fingerprint density at radius 2 is 1.69 bits per heavy atom. The van der Waals surface area contributed by atoms with Crippen molar-refractivity contribution in [2.45, 2.75) is 24.8 Å². The van der Waals surface area contributed by atoms with Crippen LogP contribution in [0.1, 0.15) is 26.4 Å². The number of halogens is 6. The van der Waals surface area contributed by atoms with E-state index in [0.29, 0.717) is 15.8 Å². The van der Waals surface area contributed by atoms with E-state index in [1.54, 1.807) is 6.07 Å². The zero-order chi connectivity index (χ0) is 32.7. The minimum atomic E-state index is -4.86. The molecular formula is C31H21F6N3O4S. The van der Waals surface area contributed by atoms with Gasteiger partial charge < -0.3 is 15.0 Å². The number of aryl methyl sites for hydroxylation is 1. The molecule has 0 saturated carbocycles. The molecule has 0 unspecified atom stereocenters. The van der Waals surface area contributed by atoms with Gasteiger partial charge in [0.25, 0.3) is 11.5 Å². The van der Waals surface area contributed by atoms with Crippen LogP contribution in [-0.2, 0) is 30.6 Å². The number of aliphatic carboxylic acids is 1. The SMILES string of the molecule is Cn1ccc(C(F)(F)F)c(-c2nccc3c(C[C@H](NC(=O)c4ccc(-c5cccc(C(F)(F)F)c5)s4)C(=O)O)cccc23)c1=O. The van der Waals surface area contributed by atoms with Crippen molar-refractivity contribution in [2.75, 3.05) is 0 Å². The minimum Gasteiger partial charge on any atom is -0.480 e. The summed E-state index contributed by atoms with van der Waals surface area (Å²) < 4.78 is 82.1. The zero-order valence-electron chi connectivity index (χ0n) is 23.0. The Balaban J connectivity index is 1.46. The Kier molecular flexibility index (Phi) is 8.27. The van der Waals surface area contributed by atoms with Gasteiger partial charge in [0.1, 0.15) is 6.04 Å². The number of carbonyl (C=O) groups excluding carboxylic acids is 1. The van der Waals surface area contributed by atoms with E-state index in [2.05, 4.69) is 10.3 Å². The summed E-state index contributed by atoms with van der Waals surface area (Å²) in [5, 5.41) is 12.8.